The van der Waals surface area contributed by atoms with Crippen molar-refractivity contribution in [3.8, 4) is 0 Å². The maximum absolute atomic E-state index is 12.8. The summed E-state index contributed by atoms with van der Waals surface area (Å²) >= 11 is 0. The molecule has 0 unspecified atom stereocenters. The summed E-state index contributed by atoms with van der Waals surface area (Å²) in [6.07, 6.45) is 0. The van der Waals surface area contributed by atoms with Crippen LogP contribution in [-0.4, -0.2) is 51.5 Å². The Balaban J connectivity index is 1.65. The summed E-state index contributed by atoms with van der Waals surface area (Å²) in [6, 6.07) is 14.2. The highest BCUT2D eigenvalue weighted by Gasteiger charge is 2.26. The van der Waals surface area contributed by atoms with E-state index in [-0.39, 0.29) is 17.3 Å². The topological polar surface area (TPSA) is 87.7 Å². The van der Waals surface area contributed by atoms with Crippen molar-refractivity contribution in [2.24, 2.45) is 0 Å². The molecule has 0 spiro atoms. The van der Waals surface area contributed by atoms with Gasteiger partial charge in [0.15, 0.2) is 0 Å². The number of carbonyl (C=O) groups excluding carboxylic acids is 1. The Morgan fingerprint density at radius 1 is 1.10 bits per heavy atom. The van der Waals surface area contributed by atoms with Crippen LogP contribution in [0.1, 0.15) is 25.3 Å². The molecule has 1 aliphatic rings. The van der Waals surface area contributed by atoms with E-state index in [1.807, 2.05) is 24.3 Å². The number of amides is 1. The molecule has 1 heterocycles. The molecule has 1 aliphatic heterocycles. The summed E-state index contributed by atoms with van der Waals surface area (Å²) < 4.78 is 32.2. The third-order valence-electron chi connectivity index (χ3n) is 4.75. The number of ether oxygens (including phenoxy) is 1. The van der Waals surface area contributed by atoms with Crippen LogP contribution in [0.2, 0.25) is 0 Å². The first-order chi connectivity index (χ1) is 13.9. The van der Waals surface area contributed by atoms with E-state index in [4.69, 9.17) is 4.74 Å². The molecule has 0 radical (unpaired) electrons. The smallest absolute Gasteiger partial charge is 0.243 e. The first-order valence-corrected chi connectivity index (χ1v) is 11.1. The lowest BCUT2D eigenvalue weighted by Crippen LogP contribution is -2.40. The molecule has 2 aromatic carbocycles. The predicted molar refractivity (Wildman–Crippen MR) is 114 cm³/mol. The average Bonchev–Trinajstić information content (AvgIpc) is 2.73. The van der Waals surface area contributed by atoms with Gasteiger partial charge in [-0.3, -0.25) is 4.79 Å². The van der Waals surface area contributed by atoms with Crippen LogP contribution in [0.5, 0.6) is 0 Å². The second-order valence-electron chi connectivity index (χ2n) is 7.19. The molecule has 0 bridgehead atoms. The fourth-order valence-corrected chi connectivity index (χ4v) is 4.67. The molecule has 0 saturated carbocycles. The second kappa shape index (κ2) is 9.39. The number of para-hydroxylation sites is 1. The fourth-order valence-electron chi connectivity index (χ4n) is 3.21. The van der Waals surface area contributed by atoms with E-state index in [2.05, 4.69) is 24.5 Å². The maximum atomic E-state index is 12.8. The minimum Gasteiger partial charge on any atom is -0.379 e. The predicted octanol–water partition coefficient (Wildman–Crippen LogP) is 2.88. The lowest BCUT2D eigenvalue weighted by atomic mass is 10.0. The van der Waals surface area contributed by atoms with Gasteiger partial charge in [-0.15, -0.1) is 0 Å². The van der Waals surface area contributed by atoms with Gasteiger partial charge in [0.25, 0.3) is 0 Å². The summed E-state index contributed by atoms with van der Waals surface area (Å²) in [5.74, 6) is 0.0910. The number of sulfonamides is 1. The van der Waals surface area contributed by atoms with E-state index in [0.29, 0.717) is 37.9 Å². The maximum Gasteiger partial charge on any atom is 0.243 e. The van der Waals surface area contributed by atoms with Gasteiger partial charge in [-0.05, 0) is 35.7 Å². The molecule has 8 heteroatoms. The average molecular weight is 418 g/mol. The monoisotopic (exact) mass is 417 g/mol. The largest absolute Gasteiger partial charge is 0.379 e. The van der Waals surface area contributed by atoms with Crippen molar-refractivity contribution in [3.63, 3.8) is 0 Å². The number of anilines is 2. The first kappa shape index (κ1) is 21.3. The standard InChI is InChI=1S/C21H27N3O4S/c1-16(2)19-8-3-4-9-20(19)22-15-21(25)23-17-6-5-7-18(14-17)29(26,27)24-10-12-28-13-11-24/h3-9,14,16,22H,10-13,15H2,1-2H3,(H,23,25). The number of morpholine rings is 1. The Bertz CT molecular complexity index is 954. The summed E-state index contributed by atoms with van der Waals surface area (Å²) in [7, 11) is -3.60. The van der Waals surface area contributed by atoms with Gasteiger partial charge in [-0.25, -0.2) is 8.42 Å². The van der Waals surface area contributed by atoms with Gasteiger partial charge in [0.05, 0.1) is 24.7 Å². The molecule has 0 aliphatic carbocycles. The molecular weight excluding hydrogens is 390 g/mol. The minimum atomic E-state index is -3.60. The zero-order chi connectivity index (χ0) is 20.9. The van der Waals surface area contributed by atoms with E-state index in [0.717, 1.165) is 11.3 Å². The number of hydrogen-bond acceptors (Lipinski definition) is 5. The highest BCUT2D eigenvalue weighted by atomic mass is 32.2. The van der Waals surface area contributed by atoms with Gasteiger partial charge in [-0.1, -0.05) is 38.1 Å². The molecule has 7 nitrogen and oxygen atoms in total. The van der Waals surface area contributed by atoms with E-state index in [1.165, 1.54) is 16.4 Å². The summed E-state index contributed by atoms with van der Waals surface area (Å²) in [5, 5.41) is 5.93. The van der Waals surface area contributed by atoms with Crippen LogP contribution < -0.4 is 10.6 Å². The molecule has 3 rings (SSSR count). The number of rotatable bonds is 7. The molecule has 0 atom stereocenters. The molecule has 2 aromatic rings. The van der Waals surface area contributed by atoms with Gasteiger partial charge < -0.3 is 15.4 Å². The molecule has 1 saturated heterocycles. The summed E-state index contributed by atoms with van der Waals surface area (Å²) in [5.41, 5.74) is 2.50. The second-order valence-corrected chi connectivity index (χ2v) is 9.13. The lowest BCUT2D eigenvalue weighted by Gasteiger charge is -2.26. The number of nitrogens with one attached hydrogen (secondary N) is 2. The van der Waals surface area contributed by atoms with Crippen LogP contribution in [0.3, 0.4) is 0 Å². The third kappa shape index (κ3) is 5.35. The first-order valence-electron chi connectivity index (χ1n) is 9.68. The van der Waals surface area contributed by atoms with Crippen molar-refractivity contribution < 1.29 is 17.9 Å². The van der Waals surface area contributed by atoms with Crippen molar-refractivity contribution >= 4 is 27.3 Å². The van der Waals surface area contributed by atoms with Crippen molar-refractivity contribution in [1.82, 2.24) is 4.31 Å². The SMILES string of the molecule is CC(C)c1ccccc1NCC(=O)Nc1cccc(S(=O)(=O)N2CCOCC2)c1. The summed E-state index contributed by atoms with van der Waals surface area (Å²) in [4.78, 5) is 12.5. The van der Waals surface area contributed by atoms with Crippen LogP contribution in [0.4, 0.5) is 11.4 Å². The van der Waals surface area contributed by atoms with Crippen LogP contribution in [0, 0.1) is 0 Å². The van der Waals surface area contributed by atoms with E-state index < -0.39 is 10.0 Å². The number of hydrogen-bond donors (Lipinski definition) is 2. The van der Waals surface area contributed by atoms with Gasteiger partial charge in [0, 0.05) is 24.5 Å². The van der Waals surface area contributed by atoms with Crippen molar-refractivity contribution in [2.45, 2.75) is 24.7 Å². The highest BCUT2D eigenvalue weighted by Crippen LogP contribution is 2.24. The molecule has 0 aromatic heterocycles. The number of nitrogens with zero attached hydrogens (tertiary/aromatic N) is 1. The number of carbonyl (C=O) groups is 1. The van der Waals surface area contributed by atoms with Crippen molar-refractivity contribution in [3.05, 3.63) is 54.1 Å². The molecule has 1 amide bonds. The lowest BCUT2D eigenvalue weighted by molar-refractivity contribution is -0.114. The minimum absolute atomic E-state index is 0.0875. The van der Waals surface area contributed by atoms with Crippen LogP contribution in [0.25, 0.3) is 0 Å². The normalized spacial score (nSPS) is 15.3. The van der Waals surface area contributed by atoms with Gasteiger partial charge in [-0.2, -0.15) is 4.31 Å². The zero-order valence-electron chi connectivity index (χ0n) is 16.7. The number of benzene rings is 2. The van der Waals surface area contributed by atoms with E-state index >= 15 is 0 Å². The summed E-state index contributed by atoms with van der Waals surface area (Å²) in [6.45, 7) is 5.72. The van der Waals surface area contributed by atoms with Crippen LogP contribution in [-0.2, 0) is 19.6 Å². The van der Waals surface area contributed by atoms with Gasteiger partial charge >= 0.3 is 0 Å². The van der Waals surface area contributed by atoms with Gasteiger partial charge in [0.2, 0.25) is 15.9 Å². The zero-order valence-corrected chi connectivity index (χ0v) is 17.5. The van der Waals surface area contributed by atoms with Crippen LogP contribution >= 0.6 is 0 Å². The van der Waals surface area contributed by atoms with Crippen molar-refractivity contribution in [1.29, 1.82) is 0 Å². The van der Waals surface area contributed by atoms with E-state index in [1.54, 1.807) is 12.1 Å². The molecule has 1 fully saturated rings. The molecular formula is C21H27N3O4S. The van der Waals surface area contributed by atoms with Gasteiger partial charge in [0.1, 0.15) is 0 Å². The Morgan fingerprint density at radius 2 is 1.83 bits per heavy atom. The van der Waals surface area contributed by atoms with E-state index in [9.17, 15) is 13.2 Å². The highest BCUT2D eigenvalue weighted by molar-refractivity contribution is 7.89. The molecule has 156 valence electrons. The Morgan fingerprint density at radius 3 is 2.55 bits per heavy atom. The Hall–Kier alpha value is -2.42. The Kier molecular flexibility index (Phi) is 6.89. The quantitative estimate of drug-likeness (QED) is 0.723. The third-order valence-corrected chi connectivity index (χ3v) is 6.64. The van der Waals surface area contributed by atoms with Crippen molar-refractivity contribution in [2.75, 3.05) is 43.5 Å². The Labute approximate surface area is 172 Å². The fraction of sp³-hybridized carbons (Fsp3) is 0.381. The molecule has 29 heavy (non-hydrogen) atoms. The molecule has 2 N–H and O–H groups in total. The van der Waals surface area contributed by atoms with Crippen LogP contribution in [0.15, 0.2) is 53.4 Å².